The first-order valence-electron chi connectivity index (χ1n) is 11.4. The van der Waals surface area contributed by atoms with Crippen molar-refractivity contribution in [2.75, 3.05) is 32.8 Å². The summed E-state index contributed by atoms with van der Waals surface area (Å²) >= 11 is 1.64. The van der Waals surface area contributed by atoms with Crippen molar-refractivity contribution in [2.45, 2.75) is 39.0 Å². The Morgan fingerprint density at radius 1 is 1.03 bits per heavy atom. The lowest BCUT2D eigenvalue weighted by atomic mass is 9.98. The van der Waals surface area contributed by atoms with Crippen LogP contribution in [0.4, 0.5) is 0 Å². The molecule has 2 saturated heterocycles. The normalized spacial score (nSPS) is 20.0. The Balaban J connectivity index is 1.25. The molecule has 2 fully saturated rings. The lowest BCUT2D eigenvalue weighted by Gasteiger charge is -2.32. The lowest BCUT2D eigenvalue weighted by Crippen LogP contribution is -2.42. The molecule has 166 valence electrons. The number of carbonyl (C=O) groups excluding carboxylic acids is 2. The maximum atomic E-state index is 12.7. The van der Waals surface area contributed by atoms with Gasteiger partial charge in [-0.1, -0.05) is 13.0 Å². The summed E-state index contributed by atoms with van der Waals surface area (Å²) in [7, 11) is 0. The van der Waals surface area contributed by atoms with Gasteiger partial charge in [-0.25, -0.2) is 0 Å². The summed E-state index contributed by atoms with van der Waals surface area (Å²) in [5.74, 6) is 2.16. The number of piperidine rings is 2. The van der Waals surface area contributed by atoms with Gasteiger partial charge in [0.1, 0.15) is 5.75 Å². The second kappa shape index (κ2) is 10.3. The first kappa shape index (κ1) is 21.9. The zero-order valence-electron chi connectivity index (χ0n) is 18.3. The maximum absolute atomic E-state index is 12.7. The average Bonchev–Trinajstić information content (AvgIpc) is 3.31. The number of likely N-dealkylation sites (tertiary alicyclic amines) is 2. The van der Waals surface area contributed by atoms with E-state index in [1.165, 1.54) is 0 Å². The van der Waals surface area contributed by atoms with Crippen molar-refractivity contribution in [3.05, 3.63) is 52.2 Å². The van der Waals surface area contributed by atoms with Crippen LogP contribution in [0.25, 0.3) is 0 Å². The molecule has 2 aliphatic heterocycles. The SMILES string of the molecule is CC1CCN(C(=O)c2ccc(OCC3CCCN(C(=O)Cc4cccs4)C3)cc2)CC1. The quantitative estimate of drug-likeness (QED) is 0.665. The Hall–Kier alpha value is -2.34. The number of rotatable bonds is 6. The van der Waals surface area contributed by atoms with E-state index >= 15 is 0 Å². The molecule has 6 heteroatoms. The predicted molar refractivity (Wildman–Crippen MR) is 124 cm³/mol. The molecule has 0 aliphatic carbocycles. The predicted octanol–water partition coefficient (Wildman–Crippen LogP) is 4.48. The Kier molecular flexibility index (Phi) is 7.28. The highest BCUT2D eigenvalue weighted by Crippen LogP contribution is 2.22. The van der Waals surface area contributed by atoms with Crippen LogP contribution in [-0.4, -0.2) is 54.4 Å². The highest BCUT2D eigenvalue weighted by atomic mass is 32.1. The number of hydrogen-bond acceptors (Lipinski definition) is 4. The molecule has 3 heterocycles. The molecule has 1 atom stereocenters. The van der Waals surface area contributed by atoms with Crippen LogP contribution in [0.5, 0.6) is 5.75 Å². The molecule has 2 aromatic rings. The molecular weight excluding hydrogens is 408 g/mol. The Bertz CT molecular complexity index is 857. The van der Waals surface area contributed by atoms with E-state index < -0.39 is 0 Å². The summed E-state index contributed by atoms with van der Waals surface area (Å²) in [6.45, 7) is 6.14. The van der Waals surface area contributed by atoms with Gasteiger partial charge in [0.05, 0.1) is 13.0 Å². The van der Waals surface area contributed by atoms with E-state index in [1.54, 1.807) is 11.3 Å². The summed E-state index contributed by atoms with van der Waals surface area (Å²) < 4.78 is 6.01. The third kappa shape index (κ3) is 5.88. The third-order valence-corrected chi connectivity index (χ3v) is 7.31. The van der Waals surface area contributed by atoms with Crippen molar-refractivity contribution in [1.29, 1.82) is 0 Å². The minimum absolute atomic E-state index is 0.116. The second-order valence-corrected chi connectivity index (χ2v) is 9.95. The molecule has 1 unspecified atom stereocenters. The third-order valence-electron chi connectivity index (χ3n) is 6.44. The Morgan fingerprint density at radius 3 is 2.52 bits per heavy atom. The summed E-state index contributed by atoms with van der Waals surface area (Å²) in [4.78, 5) is 30.3. The molecule has 0 bridgehead atoms. The summed E-state index contributed by atoms with van der Waals surface area (Å²) in [5.41, 5.74) is 0.727. The van der Waals surface area contributed by atoms with Gasteiger partial charge in [-0.3, -0.25) is 9.59 Å². The van der Waals surface area contributed by atoms with Gasteiger partial charge in [0.25, 0.3) is 5.91 Å². The number of carbonyl (C=O) groups is 2. The summed E-state index contributed by atoms with van der Waals surface area (Å²) in [6, 6.07) is 11.5. The number of benzene rings is 1. The molecule has 0 spiro atoms. The number of ether oxygens (including phenoxy) is 1. The monoisotopic (exact) mass is 440 g/mol. The molecule has 2 aliphatic rings. The minimum Gasteiger partial charge on any atom is -0.493 e. The fraction of sp³-hybridized carbons (Fsp3) is 0.520. The molecule has 1 aromatic carbocycles. The minimum atomic E-state index is 0.116. The molecule has 1 aromatic heterocycles. The summed E-state index contributed by atoms with van der Waals surface area (Å²) in [6.07, 6.45) is 4.76. The van der Waals surface area contributed by atoms with Crippen LogP contribution in [0.3, 0.4) is 0 Å². The molecule has 4 rings (SSSR count). The van der Waals surface area contributed by atoms with Gasteiger partial charge in [0, 0.05) is 42.5 Å². The molecular formula is C25H32N2O3S. The fourth-order valence-electron chi connectivity index (χ4n) is 4.40. The van der Waals surface area contributed by atoms with Crippen LogP contribution < -0.4 is 4.74 Å². The van der Waals surface area contributed by atoms with Gasteiger partial charge in [-0.15, -0.1) is 11.3 Å². The Labute approximate surface area is 189 Å². The van der Waals surface area contributed by atoms with E-state index in [4.69, 9.17) is 4.74 Å². The van der Waals surface area contributed by atoms with Crippen molar-refractivity contribution in [3.8, 4) is 5.75 Å². The van der Waals surface area contributed by atoms with Crippen molar-refractivity contribution in [3.63, 3.8) is 0 Å². The van der Waals surface area contributed by atoms with Crippen LogP contribution in [0.2, 0.25) is 0 Å². The molecule has 2 amide bonds. The van der Waals surface area contributed by atoms with Crippen LogP contribution in [-0.2, 0) is 11.2 Å². The standard InChI is InChI=1S/C25H32N2O3S/c1-19-10-13-26(14-11-19)25(29)21-6-8-22(9-7-21)30-18-20-4-2-12-27(17-20)24(28)16-23-5-3-15-31-23/h3,5-9,15,19-20H,2,4,10-14,16-18H2,1H3. The van der Waals surface area contributed by atoms with E-state index in [-0.39, 0.29) is 11.8 Å². The van der Waals surface area contributed by atoms with Crippen LogP contribution in [0.15, 0.2) is 41.8 Å². The van der Waals surface area contributed by atoms with E-state index in [0.29, 0.717) is 24.9 Å². The van der Waals surface area contributed by atoms with Gasteiger partial charge >= 0.3 is 0 Å². The molecule has 31 heavy (non-hydrogen) atoms. The van der Waals surface area contributed by atoms with E-state index in [1.807, 2.05) is 51.6 Å². The van der Waals surface area contributed by atoms with Gasteiger partial charge in [0.2, 0.25) is 5.91 Å². The topological polar surface area (TPSA) is 49.9 Å². The van der Waals surface area contributed by atoms with Crippen molar-refractivity contribution >= 4 is 23.2 Å². The molecule has 0 saturated carbocycles. The smallest absolute Gasteiger partial charge is 0.253 e. The first-order valence-corrected chi connectivity index (χ1v) is 12.3. The number of amides is 2. The largest absolute Gasteiger partial charge is 0.493 e. The number of nitrogens with zero attached hydrogens (tertiary/aromatic N) is 2. The zero-order valence-corrected chi connectivity index (χ0v) is 19.1. The fourth-order valence-corrected chi connectivity index (χ4v) is 5.10. The summed E-state index contributed by atoms with van der Waals surface area (Å²) in [5, 5.41) is 2.02. The maximum Gasteiger partial charge on any atom is 0.253 e. The van der Waals surface area contributed by atoms with Gasteiger partial charge in [-0.05, 0) is 67.3 Å². The zero-order chi connectivity index (χ0) is 21.6. The average molecular weight is 441 g/mol. The first-order chi connectivity index (χ1) is 15.1. The van der Waals surface area contributed by atoms with Gasteiger partial charge in [-0.2, -0.15) is 0 Å². The Morgan fingerprint density at radius 2 is 1.81 bits per heavy atom. The number of hydrogen-bond donors (Lipinski definition) is 0. The van der Waals surface area contributed by atoms with Gasteiger partial charge in [0.15, 0.2) is 0 Å². The van der Waals surface area contributed by atoms with Crippen molar-refractivity contribution in [1.82, 2.24) is 9.80 Å². The highest BCUT2D eigenvalue weighted by Gasteiger charge is 2.25. The van der Waals surface area contributed by atoms with Crippen molar-refractivity contribution < 1.29 is 14.3 Å². The van der Waals surface area contributed by atoms with Crippen LogP contribution in [0.1, 0.15) is 47.8 Å². The van der Waals surface area contributed by atoms with E-state index in [9.17, 15) is 9.59 Å². The van der Waals surface area contributed by atoms with Crippen LogP contribution in [0, 0.1) is 11.8 Å². The second-order valence-electron chi connectivity index (χ2n) is 8.91. The lowest BCUT2D eigenvalue weighted by molar-refractivity contribution is -0.132. The molecule has 5 nitrogen and oxygen atoms in total. The van der Waals surface area contributed by atoms with Crippen molar-refractivity contribution in [2.24, 2.45) is 11.8 Å². The molecule has 0 radical (unpaired) electrons. The van der Waals surface area contributed by atoms with Gasteiger partial charge < -0.3 is 14.5 Å². The van der Waals surface area contributed by atoms with E-state index in [0.717, 1.165) is 68.1 Å². The number of thiophene rings is 1. The van der Waals surface area contributed by atoms with E-state index in [2.05, 4.69) is 6.92 Å². The van der Waals surface area contributed by atoms with Crippen LogP contribution >= 0.6 is 11.3 Å². The molecule has 0 N–H and O–H groups in total. The highest BCUT2D eigenvalue weighted by molar-refractivity contribution is 7.10.